The largest absolute Gasteiger partial charge is 0.492 e. The normalized spacial score (nSPS) is 24.1. The first-order valence-corrected chi connectivity index (χ1v) is 10.1. The quantitative estimate of drug-likeness (QED) is 0.866. The van der Waals surface area contributed by atoms with Crippen molar-refractivity contribution in [2.75, 3.05) is 20.2 Å². The van der Waals surface area contributed by atoms with Gasteiger partial charge in [-0.25, -0.2) is 17.2 Å². The Morgan fingerprint density at radius 1 is 1.26 bits per heavy atom. The zero-order valence-corrected chi connectivity index (χ0v) is 15.7. The number of ether oxygens (including phenoxy) is 2. The smallest absolute Gasteiger partial charge is 0.210 e. The molecule has 2 unspecified atom stereocenters. The molecule has 0 amide bonds. The number of nitrogens with one attached hydrogen (secondary N) is 1. The number of hydrogen-bond donors (Lipinski definition) is 1. The van der Waals surface area contributed by atoms with Crippen LogP contribution in [-0.2, 0) is 15.3 Å². The predicted octanol–water partition coefficient (Wildman–Crippen LogP) is 2.82. The highest BCUT2D eigenvalue weighted by atomic mass is 32.2. The number of methoxy groups -OCH3 is 1. The number of rotatable bonds is 3. The van der Waals surface area contributed by atoms with Gasteiger partial charge >= 0.3 is 0 Å². The van der Waals surface area contributed by atoms with E-state index in [1.165, 1.54) is 12.1 Å². The Balaban J connectivity index is 1.82. The minimum absolute atomic E-state index is 0.0830. The zero-order chi connectivity index (χ0) is 19.4. The second kappa shape index (κ2) is 6.17. The number of sulfone groups is 1. The molecular formula is C19H19F2NO4S. The summed E-state index contributed by atoms with van der Waals surface area (Å²) in [6.45, 7) is 3.63. The van der Waals surface area contributed by atoms with Crippen molar-refractivity contribution in [3.63, 3.8) is 0 Å². The molecule has 8 heteroatoms. The standard InChI is InChI=1S/C19H19F2NO4S/c1-19-5-6-22-10-17(19)26-15-9-12(3-4-13(15)19)27(23,24)16-8-11(20)7-14(21)18(16)25-2/h3-4,7-9,17,22H,5-6,10H2,1-2H3. The van der Waals surface area contributed by atoms with Crippen molar-refractivity contribution in [1.29, 1.82) is 0 Å². The monoisotopic (exact) mass is 395 g/mol. The van der Waals surface area contributed by atoms with Crippen molar-refractivity contribution in [2.24, 2.45) is 0 Å². The van der Waals surface area contributed by atoms with Crippen LogP contribution in [0.2, 0.25) is 0 Å². The molecule has 2 aliphatic heterocycles. The van der Waals surface area contributed by atoms with E-state index in [1.807, 2.05) is 0 Å². The Bertz CT molecular complexity index is 1020. The van der Waals surface area contributed by atoms with E-state index in [1.54, 1.807) is 6.07 Å². The topological polar surface area (TPSA) is 64.6 Å². The molecule has 5 nitrogen and oxygen atoms in total. The first-order chi connectivity index (χ1) is 12.8. The van der Waals surface area contributed by atoms with Crippen molar-refractivity contribution in [1.82, 2.24) is 5.32 Å². The minimum atomic E-state index is -4.20. The maximum atomic E-state index is 14.0. The van der Waals surface area contributed by atoms with Gasteiger partial charge in [0.05, 0.1) is 12.0 Å². The SMILES string of the molecule is COc1c(F)cc(F)cc1S(=O)(=O)c1ccc2c(c1)OC1CNCCC21C. The highest BCUT2D eigenvalue weighted by Gasteiger charge is 2.47. The number of halogens is 2. The van der Waals surface area contributed by atoms with Crippen LogP contribution < -0.4 is 14.8 Å². The van der Waals surface area contributed by atoms with Gasteiger partial charge in [0, 0.05) is 23.6 Å². The molecule has 1 saturated heterocycles. The van der Waals surface area contributed by atoms with Gasteiger partial charge in [0.15, 0.2) is 11.6 Å². The molecule has 27 heavy (non-hydrogen) atoms. The fourth-order valence-electron chi connectivity index (χ4n) is 3.90. The highest BCUT2D eigenvalue weighted by Crippen LogP contribution is 2.47. The van der Waals surface area contributed by atoms with Crippen LogP contribution >= 0.6 is 0 Å². The Hall–Kier alpha value is -2.19. The molecule has 0 bridgehead atoms. The lowest BCUT2D eigenvalue weighted by Crippen LogP contribution is -2.49. The van der Waals surface area contributed by atoms with Gasteiger partial charge < -0.3 is 14.8 Å². The van der Waals surface area contributed by atoms with E-state index in [2.05, 4.69) is 12.2 Å². The van der Waals surface area contributed by atoms with Crippen LogP contribution in [-0.4, -0.2) is 34.7 Å². The first kappa shape index (κ1) is 18.2. The van der Waals surface area contributed by atoms with Crippen molar-refractivity contribution in [3.05, 3.63) is 47.5 Å². The molecule has 4 rings (SSSR count). The molecule has 2 atom stereocenters. The van der Waals surface area contributed by atoms with Crippen molar-refractivity contribution in [3.8, 4) is 11.5 Å². The number of hydrogen-bond acceptors (Lipinski definition) is 5. The Kier molecular flexibility index (Phi) is 4.16. The van der Waals surface area contributed by atoms with E-state index in [-0.39, 0.29) is 16.4 Å². The van der Waals surface area contributed by atoms with E-state index < -0.39 is 32.1 Å². The summed E-state index contributed by atoms with van der Waals surface area (Å²) in [6.07, 6.45) is 0.792. The molecule has 1 N–H and O–H groups in total. The lowest BCUT2D eigenvalue weighted by atomic mass is 9.74. The summed E-state index contributed by atoms with van der Waals surface area (Å²) >= 11 is 0. The Morgan fingerprint density at radius 3 is 2.78 bits per heavy atom. The van der Waals surface area contributed by atoms with E-state index in [4.69, 9.17) is 9.47 Å². The van der Waals surface area contributed by atoms with E-state index >= 15 is 0 Å². The minimum Gasteiger partial charge on any atom is -0.492 e. The summed E-state index contributed by atoms with van der Waals surface area (Å²) in [5.74, 6) is -2.09. The zero-order valence-electron chi connectivity index (χ0n) is 14.9. The average Bonchev–Trinajstić information content (AvgIpc) is 2.93. The van der Waals surface area contributed by atoms with Gasteiger partial charge in [0.2, 0.25) is 9.84 Å². The third kappa shape index (κ3) is 2.70. The summed E-state index contributed by atoms with van der Waals surface area (Å²) < 4.78 is 64.5. The molecule has 0 saturated carbocycles. The Labute approximate surface area is 156 Å². The van der Waals surface area contributed by atoms with Crippen LogP contribution in [0.1, 0.15) is 18.9 Å². The summed E-state index contributed by atoms with van der Waals surface area (Å²) in [7, 11) is -3.06. The molecular weight excluding hydrogens is 376 g/mol. The van der Waals surface area contributed by atoms with Crippen LogP contribution in [0.5, 0.6) is 11.5 Å². The molecule has 0 radical (unpaired) electrons. The lowest BCUT2D eigenvalue weighted by molar-refractivity contribution is 0.123. The molecule has 2 aromatic carbocycles. The first-order valence-electron chi connectivity index (χ1n) is 8.57. The highest BCUT2D eigenvalue weighted by molar-refractivity contribution is 7.91. The predicted molar refractivity (Wildman–Crippen MR) is 94.1 cm³/mol. The molecule has 0 spiro atoms. The van der Waals surface area contributed by atoms with Crippen molar-refractivity contribution in [2.45, 2.75) is 34.7 Å². The number of fused-ring (bicyclic) bond motifs is 3. The average molecular weight is 395 g/mol. The second-order valence-electron chi connectivity index (χ2n) is 7.06. The molecule has 0 aliphatic carbocycles. The molecule has 2 heterocycles. The van der Waals surface area contributed by atoms with E-state index in [0.717, 1.165) is 31.7 Å². The van der Waals surface area contributed by atoms with Gasteiger partial charge in [-0.05, 0) is 31.2 Å². The van der Waals surface area contributed by atoms with Gasteiger partial charge in [-0.15, -0.1) is 0 Å². The fourth-order valence-corrected chi connectivity index (χ4v) is 5.36. The second-order valence-corrected chi connectivity index (χ2v) is 8.98. The van der Waals surface area contributed by atoms with Crippen LogP contribution in [0.15, 0.2) is 40.1 Å². The summed E-state index contributed by atoms with van der Waals surface area (Å²) in [5, 5.41) is 3.27. The molecule has 2 aliphatic rings. The van der Waals surface area contributed by atoms with Gasteiger partial charge in [-0.2, -0.15) is 0 Å². The van der Waals surface area contributed by atoms with Gasteiger partial charge in [0.25, 0.3) is 0 Å². The lowest BCUT2D eigenvalue weighted by Gasteiger charge is -2.35. The molecule has 0 aromatic heterocycles. The summed E-state index contributed by atoms with van der Waals surface area (Å²) in [4.78, 5) is -0.648. The molecule has 1 fully saturated rings. The maximum absolute atomic E-state index is 14.0. The maximum Gasteiger partial charge on any atom is 0.210 e. The van der Waals surface area contributed by atoms with Gasteiger partial charge in [0.1, 0.15) is 22.6 Å². The van der Waals surface area contributed by atoms with Gasteiger partial charge in [-0.1, -0.05) is 13.0 Å². The van der Waals surface area contributed by atoms with Crippen LogP contribution in [0.25, 0.3) is 0 Å². The molecule has 144 valence electrons. The molecule has 2 aromatic rings. The van der Waals surface area contributed by atoms with Crippen LogP contribution in [0.4, 0.5) is 8.78 Å². The third-order valence-electron chi connectivity index (χ3n) is 5.48. The van der Waals surface area contributed by atoms with E-state index in [9.17, 15) is 17.2 Å². The third-order valence-corrected chi connectivity index (χ3v) is 7.23. The Morgan fingerprint density at radius 2 is 2.04 bits per heavy atom. The van der Waals surface area contributed by atoms with Gasteiger partial charge in [-0.3, -0.25) is 0 Å². The van der Waals surface area contributed by atoms with Crippen LogP contribution in [0.3, 0.4) is 0 Å². The summed E-state index contributed by atoms with van der Waals surface area (Å²) in [5.41, 5.74) is 0.760. The fraction of sp³-hybridized carbons (Fsp3) is 0.368. The van der Waals surface area contributed by atoms with Crippen molar-refractivity contribution < 1.29 is 26.7 Å². The summed E-state index contributed by atoms with van der Waals surface area (Å²) in [6, 6.07) is 5.96. The van der Waals surface area contributed by atoms with E-state index in [0.29, 0.717) is 18.4 Å². The van der Waals surface area contributed by atoms with Crippen LogP contribution in [0, 0.1) is 11.6 Å². The number of benzene rings is 2. The van der Waals surface area contributed by atoms with Crippen molar-refractivity contribution >= 4 is 9.84 Å². The number of piperidine rings is 1.